The number of aromatic nitrogens is 3. The lowest BCUT2D eigenvalue weighted by molar-refractivity contribution is -0.00718. The van der Waals surface area contributed by atoms with Crippen LogP contribution in [0.15, 0.2) is 58.1 Å². The highest BCUT2D eigenvalue weighted by molar-refractivity contribution is 5.97. The van der Waals surface area contributed by atoms with Gasteiger partial charge in [0.15, 0.2) is 0 Å². The van der Waals surface area contributed by atoms with Gasteiger partial charge in [-0.15, -0.1) is 0 Å². The second-order valence-electron chi connectivity index (χ2n) is 9.43. The molecule has 0 N–H and O–H groups in total. The van der Waals surface area contributed by atoms with Crippen LogP contribution in [-0.4, -0.2) is 20.3 Å². The highest BCUT2D eigenvalue weighted by atomic mass is 19.1. The maximum Gasteiger partial charge on any atom is 0.331 e. The van der Waals surface area contributed by atoms with Crippen molar-refractivity contribution in [3.05, 3.63) is 92.0 Å². The SMILES string of the molecule is Cc1cccc(-c2c3c(=O)n(C)c(=O)n(C)c3c3n2C(C)(C)CO[C@H]3c2cccc(F)c2)c1. The third-order valence-corrected chi connectivity index (χ3v) is 6.51. The Kier molecular flexibility index (Phi) is 4.72. The third kappa shape index (κ3) is 3.10. The van der Waals surface area contributed by atoms with E-state index in [0.717, 1.165) is 21.4 Å². The van der Waals surface area contributed by atoms with Gasteiger partial charge in [-0.1, -0.05) is 35.9 Å². The fourth-order valence-electron chi connectivity index (χ4n) is 4.99. The van der Waals surface area contributed by atoms with Gasteiger partial charge in [-0.25, -0.2) is 9.18 Å². The lowest BCUT2D eigenvalue weighted by atomic mass is 9.98. The maximum absolute atomic E-state index is 14.2. The van der Waals surface area contributed by atoms with Crippen LogP contribution in [0.1, 0.15) is 36.8 Å². The van der Waals surface area contributed by atoms with E-state index in [-0.39, 0.29) is 11.4 Å². The molecule has 7 heteroatoms. The number of halogens is 1. The molecule has 0 saturated heterocycles. The Balaban J connectivity index is 2.03. The zero-order valence-corrected chi connectivity index (χ0v) is 19.3. The average molecular weight is 448 g/mol. The quantitative estimate of drug-likeness (QED) is 0.467. The number of ether oxygens (including phenoxy) is 1. The number of aryl methyl sites for hydroxylation is 2. The molecular weight excluding hydrogens is 421 g/mol. The largest absolute Gasteiger partial charge is 0.365 e. The van der Waals surface area contributed by atoms with Crippen LogP contribution in [-0.2, 0) is 24.4 Å². The lowest BCUT2D eigenvalue weighted by Crippen LogP contribution is -2.40. The number of benzene rings is 2. The van der Waals surface area contributed by atoms with Gasteiger partial charge in [0.05, 0.1) is 34.4 Å². The number of hydrogen-bond donors (Lipinski definition) is 0. The van der Waals surface area contributed by atoms with Crippen LogP contribution in [0.3, 0.4) is 0 Å². The molecule has 2 aromatic carbocycles. The molecule has 1 aliphatic rings. The van der Waals surface area contributed by atoms with E-state index in [4.69, 9.17) is 4.74 Å². The molecule has 3 heterocycles. The number of fused-ring (bicyclic) bond motifs is 3. The Labute approximate surface area is 190 Å². The van der Waals surface area contributed by atoms with Crippen LogP contribution in [0.5, 0.6) is 0 Å². The standard InChI is InChI=1S/C26H26FN3O3/c1-15-8-6-9-16(12-15)20-19-21(28(4)25(32)29(5)24(19)31)22-23(17-10-7-11-18(27)13-17)33-14-26(2,3)30(20)22/h6-13,23H,14H2,1-5H3/t23-/m0/s1. The van der Waals surface area contributed by atoms with Gasteiger partial charge in [-0.05, 0) is 50.1 Å². The molecule has 0 saturated carbocycles. The van der Waals surface area contributed by atoms with Crippen molar-refractivity contribution < 1.29 is 9.13 Å². The minimum atomic E-state index is -0.632. The van der Waals surface area contributed by atoms with Crippen LogP contribution >= 0.6 is 0 Å². The molecule has 0 spiro atoms. The first-order valence-corrected chi connectivity index (χ1v) is 10.9. The van der Waals surface area contributed by atoms with Gasteiger partial charge in [0, 0.05) is 14.1 Å². The molecule has 2 aromatic heterocycles. The van der Waals surface area contributed by atoms with Crippen molar-refractivity contribution in [3.63, 3.8) is 0 Å². The molecule has 5 rings (SSSR count). The number of rotatable bonds is 2. The molecular formula is C26H26FN3O3. The fourth-order valence-corrected chi connectivity index (χ4v) is 4.99. The molecule has 0 aliphatic carbocycles. The lowest BCUT2D eigenvalue weighted by Gasteiger charge is -2.39. The maximum atomic E-state index is 14.2. The molecule has 1 atom stereocenters. The molecule has 4 aromatic rings. The van der Waals surface area contributed by atoms with Crippen LogP contribution in [0.4, 0.5) is 4.39 Å². The zero-order valence-electron chi connectivity index (χ0n) is 19.3. The van der Waals surface area contributed by atoms with E-state index in [2.05, 4.69) is 4.57 Å². The van der Waals surface area contributed by atoms with Gasteiger partial charge in [0.1, 0.15) is 11.9 Å². The minimum absolute atomic E-state index is 0.356. The Hall–Kier alpha value is -3.45. The van der Waals surface area contributed by atoms with Crippen molar-refractivity contribution >= 4 is 10.9 Å². The average Bonchev–Trinajstić information content (AvgIpc) is 3.14. The summed E-state index contributed by atoms with van der Waals surface area (Å²) in [5.74, 6) is -0.368. The molecule has 0 amide bonds. The van der Waals surface area contributed by atoms with Gasteiger partial charge < -0.3 is 9.30 Å². The predicted octanol–water partition coefficient (Wildman–Crippen LogP) is 4.01. The Bertz CT molecular complexity index is 1540. The molecule has 170 valence electrons. The van der Waals surface area contributed by atoms with Crippen molar-refractivity contribution in [1.82, 2.24) is 13.7 Å². The molecule has 0 bridgehead atoms. The third-order valence-electron chi connectivity index (χ3n) is 6.51. The Morgan fingerprint density at radius 3 is 2.45 bits per heavy atom. The van der Waals surface area contributed by atoms with Gasteiger partial charge in [0.25, 0.3) is 5.56 Å². The van der Waals surface area contributed by atoms with Crippen LogP contribution in [0, 0.1) is 12.7 Å². The van der Waals surface area contributed by atoms with E-state index >= 15 is 0 Å². The van der Waals surface area contributed by atoms with Crippen LogP contribution in [0.2, 0.25) is 0 Å². The van der Waals surface area contributed by atoms with E-state index in [0.29, 0.717) is 28.8 Å². The summed E-state index contributed by atoms with van der Waals surface area (Å²) in [4.78, 5) is 26.5. The van der Waals surface area contributed by atoms with E-state index in [1.807, 2.05) is 45.0 Å². The summed E-state index contributed by atoms with van der Waals surface area (Å²) in [6.07, 6.45) is -0.632. The highest BCUT2D eigenvalue weighted by Gasteiger charge is 2.40. The van der Waals surface area contributed by atoms with Crippen molar-refractivity contribution in [2.75, 3.05) is 6.61 Å². The zero-order chi connectivity index (χ0) is 23.7. The van der Waals surface area contributed by atoms with Crippen molar-refractivity contribution in [2.45, 2.75) is 32.4 Å². The van der Waals surface area contributed by atoms with Gasteiger partial charge in [0.2, 0.25) is 0 Å². The van der Waals surface area contributed by atoms with Crippen LogP contribution < -0.4 is 11.2 Å². The Morgan fingerprint density at radius 1 is 1.03 bits per heavy atom. The first kappa shape index (κ1) is 21.4. The normalized spacial score (nSPS) is 17.3. The van der Waals surface area contributed by atoms with Crippen molar-refractivity contribution in [2.24, 2.45) is 14.1 Å². The summed E-state index contributed by atoms with van der Waals surface area (Å²) in [7, 11) is 3.15. The monoisotopic (exact) mass is 447 g/mol. The summed E-state index contributed by atoms with van der Waals surface area (Å²) < 4.78 is 25.2. The van der Waals surface area contributed by atoms with Crippen molar-refractivity contribution in [1.29, 1.82) is 0 Å². The summed E-state index contributed by atoms with van der Waals surface area (Å²) in [6, 6.07) is 14.2. The Morgan fingerprint density at radius 2 is 1.76 bits per heavy atom. The number of hydrogen-bond acceptors (Lipinski definition) is 3. The molecule has 0 unspecified atom stereocenters. The molecule has 6 nitrogen and oxygen atoms in total. The van der Waals surface area contributed by atoms with Gasteiger partial charge in [-0.3, -0.25) is 13.9 Å². The van der Waals surface area contributed by atoms with Crippen molar-refractivity contribution in [3.8, 4) is 11.3 Å². The number of nitrogens with zero attached hydrogens (tertiary/aromatic N) is 3. The molecule has 0 fully saturated rings. The molecule has 1 aliphatic heterocycles. The minimum Gasteiger partial charge on any atom is -0.365 e. The smallest absolute Gasteiger partial charge is 0.331 e. The van der Waals surface area contributed by atoms with Crippen LogP contribution in [0.25, 0.3) is 22.2 Å². The topological polar surface area (TPSA) is 58.2 Å². The molecule has 33 heavy (non-hydrogen) atoms. The van der Waals surface area contributed by atoms with E-state index in [9.17, 15) is 14.0 Å². The summed E-state index contributed by atoms with van der Waals surface area (Å²) in [5.41, 5.74) is 3.22. The van der Waals surface area contributed by atoms with E-state index < -0.39 is 17.3 Å². The summed E-state index contributed by atoms with van der Waals surface area (Å²) >= 11 is 0. The second-order valence-corrected chi connectivity index (χ2v) is 9.43. The summed E-state index contributed by atoms with van der Waals surface area (Å²) in [6.45, 7) is 6.44. The fraction of sp³-hybridized carbons (Fsp3) is 0.308. The molecule has 0 radical (unpaired) electrons. The van der Waals surface area contributed by atoms with E-state index in [1.165, 1.54) is 23.7 Å². The van der Waals surface area contributed by atoms with E-state index in [1.54, 1.807) is 19.2 Å². The predicted molar refractivity (Wildman–Crippen MR) is 126 cm³/mol. The first-order valence-electron chi connectivity index (χ1n) is 10.9. The van der Waals surface area contributed by atoms with Gasteiger partial charge >= 0.3 is 5.69 Å². The first-order chi connectivity index (χ1) is 15.6. The second kappa shape index (κ2) is 7.28. The van der Waals surface area contributed by atoms with Gasteiger partial charge in [-0.2, -0.15) is 0 Å². The summed E-state index contributed by atoms with van der Waals surface area (Å²) in [5, 5.41) is 0.458. The highest BCUT2D eigenvalue weighted by Crippen LogP contribution is 2.45.